The number of aromatic nitrogens is 4. The number of rotatable bonds is 5. The van der Waals surface area contributed by atoms with Crippen molar-refractivity contribution in [1.29, 1.82) is 0 Å². The molecule has 1 unspecified atom stereocenters. The lowest BCUT2D eigenvalue weighted by Crippen LogP contribution is -2.37. The number of amides is 1. The van der Waals surface area contributed by atoms with Crippen molar-refractivity contribution < 1.29 is 4.79 Å². The van der Waals surface area contributed by atoms with E-state index in [9.17, 15) is 4.79 Å². The molecule has 0 N–H and O–H groups in total. The van der Waals surface area contributed by atoms with E-state index in [0.717, 1.165) is 54.4 Å². The fraction of sp³-hybridized carbons (Fsp3) is 0.462. The first-order valence-electron chi connectivity index (χ1n) is 11.9. The number of carbonyl (C=O) groups is 1. The van der Waals surface area contributed by atoms with E-state index in [4.69, 9.17) is 9.97 Å². The largest absolute Gasteiger partial charge is 0.292 e. The number of fused-ring (bicyclic) bond motifs is 1. The van der Waals surface area contributed by atoms with Crippen LogP contribution in [0, 0.1) is 20.8 Å². The zero-order valence-electron chi connectivity index (χ0n) is 20.0. The van der Waals surface area contributed by atoms with E-state index in [1.54, 1.807) is 0 Å². The van der Waals surface area contributed by atoms with Crippen molar-refractivity contribution in [2.75, 3.05) is 11.4 Å². The lowest BCUT2D eigenvalue weighted by molar-refractivity contribution is -0.119. The minimum absolute atomic E-state index is 0.140. The van der Waals surface area contributed by atoms with Crippen molar-refractivity contribution in [3.63, 3.8) is 0 Å². The van der Waals surface area contributed by atoms with Gasteiger partial charge < -0.3 is 0 Å². The molecule has 3 aromatic rings. The molecule has 0 bridgehead atoms. The van der Waals surface area contributed by atoms with Crippen LogP contribution in [0.1, 0.15) is 64.8 Å². The minimum atomic E-state index is 0.140. The van der Waals surface area contributed by atoms with Gasteiger partial charge in [-0.15, -0.1) is 0 Å². The first-order valence-corrected chi connectivity index (χ1v) is 11.9. The van der Waals surface area contributed by atoms with E-state index in [0.29, 0.717) is 19.4 Å². The van der Waals surface area contributed by atoms with Gasteiger partial charge in [0, 0.05) is 42.5 Å². The number of benzene rings is 1. The molecule has 4 heterocycles. The third kappa shape index (κ3) is 4.17. The van der Waals surface area contributed by atoms with Crippen molar-refractivity contribution >= 4 is 11.7 Å². The summed E-state index contributed by atoms with van der Waals surface area (Å²) in [6.07, 6.45) is 5.34. The first kappa shape index (κ1) is 21.8. The summed E-state index contributed by atoms with van der Waals surface area (Å²) < 4.78 is 1.93. The molecule has 1 aromatic carbocycles. The van der Waals surface area contributed by atoms with Crippen LogP contribution in [0.5, 0.6) is 0 Å². The number of carbonyl (C=O) groups excluding carboxylic acids is 1. The van der Waals surface area contributed by atoms with Crippen LogP contribution < -0.4 is 4.90 Å². The average Bonchev–Trinajstić information content (AvgIpc) is 3.39. The molecule has 7 heteroatoms. The predicted octanol–water partition coefficient (Wildman–Crippen LogP) is 3.95. The van der Waals surface area contributed by atoms with Crippen LogP contribution in [0.25, 0.3) is 0 Å². The molecule has 2 aliphatic heterocycles. The Kier molecular flexibility index (Phi) is 5.74. The van der Waals surface area contributed by atoms with Crippen LogP contribution >= 0.6 is 0 Å². The summed E-state index contributed by atoms with van der Waals surface area (Å²) in [7, 11) is 1.98. The SMILES string of the molecule is Cc1ccc(CN2C(=O)CCc3c(C)nc(C4CCCN4Cc4cnn(C)c4C)nc32)cc1. The molecule has 33 heavy (non-hydrogen) atoms. The summed E-state index contributed by atoms with van der Waals surface area (Å²) in [5, 5.41) is 4.41. The number of hydrogen-bond acceptors (Lipinski definition) is 5. The van der Waals surface area contributed by atoms with Crippen molar-refractivity contribution in [3.05, 3.63) is 69.9 Å². The van der Waals surface area contributed by atoms with Crippen molar-refractivity contribution in [1.82, 2.24) is 24.6 Å². The van der Waals surface area contributed by atoms with Gasteiger partial charge in [-0.05, 0) is 52.1 Å². The first-order chi connectivity index (χ1) is 15.9. The predicted molar refractivity (Wildman–Crippen MR) is 128 cm³/mol. The van der Waals surface area contributed by atoms with Gasteiger partial charge in [-0.3, -0.25) is 19.3 Å². The van der Waals surface area contributed by atoms with Gasteiger partial charge in [0.05, 0.1) is 18.8 Å². The van der Waals surface area contributed by atoms with E-state index in [1.807, 2.05) is 22.8 Å². The van der Waals surface area contributed by atoms with Crippen LogP contribution in [-0.2, 0) is 31.4 Å². The standard InChI is InChI=1S/C26H32N6O/c1-17-7-9-20(10-8-17)15-32-24(33)12-11-22-18(2)28-25(29-26(22)32)23-6-5-13-31(23)16-21-14-27-30(4)19(21)3/h7-10,14,23H,5-6,11-13,15-16H2,1-4H3. The summed E-state index contributed by atoms with van der Waals surface area (Å²) in [5.41, 5.74) is 6.89. The van der Waals surface area contributed by atoms with E-state index in [-0.39, 0.29) is 11.9 Å². The van der Waals surface area contributed by atoms with Crippen LogP contribution in [0.2, 0.25) is 0 Å². The summed E-state index contributed by atoms with van der Waals surface area (Å²) in [5.74, 6) is 1.79. The van der Waals surface area contributed by atoms with Crippen molar-refractivity contribution in [2.45, 2.75) is 65.6 Å². The second-order valence-corrected chi connectivity index (χ2v) is 9.44. The smallest absolute Gasteiger partial charge is 0.228 e. The van der Waals surface area contributed by atoms with Gasteiger partial charge in [0.15, 0.2) is 0 Å². The van der Waals surface area contributed by atoms with Crippen molar-refractivity contribution in [3.8, 4) is 0 Å². The molecule has 2 aromatic heterocycles. The highest BCUT2D eigenvalue weighted by Gasteiger charge is 2.33. The summed E-state index contributed by atoms with van der Waals surface area (Å²) in [4.78, 5) is 27.3. The van der Waals surface area contributed by atoms with E-state index in [2.05, 4.69) is 55.0 Å². The monoisotopic (exact) mass is 444 g/mol. The molecule has 1 saturated heterocycles. The van der Waals surface area contributed by atoms with Gasteiger partial charge >= 0.3 is 0 Å². The fourth-order valence-electron chi connectivity index (χ4n) is 5.02. The third-order valence-corrected chi connectivity index (χ3v) is 7.19. The number of nitrogens with zero attached hydrogens (tertiary/aromatic N) is 6. The van der Waals surface area contributed by atoms with Gasteiger partial charge in [-0.2, -0.15) is 5.10 Å². The molecule has 0 radical (unpaired) electrons. The maximum atomic E-state index is 13.0. The average molecular weight is 445 g/mol. The Morgan fingerprint density at radius 1 is 1.03 bits per heavy atom. The second-order valence-electron chi connectivity index (χ2n) is 9.44. The van der Waals surface area contributed by atoms with Crippen LogP contribution in [-0.4, -0.2) is 37.1 Å². The zero-order valence-corrected chi connectivity index (χ0v) is 20.0. The Morgan fingerprint density at radius 2 is 1.82 bits per heavy atom. The molecule has 5 rings (SSSR count). The molecule has 0 aliphatic carbocycles. The molecular weight excluding hydrogens is 412 g/mol. The Balaban J connectivity index is 1.46. The third-order valence-electron chi connectivity index (χ3n) is 7.19. The highest BCUT2D eigenvalue weighted by molar-refractivity contribution is 5.95. The van der Waals surface area contributed by atoms with Crippen LogP contribution in [0.4, 0.5) is 5.82 Å². The number of aryl methyl sites for hydroxylation is 3. The fourth-order valence-corrected chi connectivity index (χ4v) is 5.02. The summed E-state index contributed by atoms with van der Waals surface area (Å²) in [6, 6.07) is 8.55. The highest BCUT2D eigenvalue weighted by atomic mass is 16.2. The molecule has 0 spiro atoms. The van der Waals surface area contributed by atoms with Crippen LogP contribution in [0.3, 0.4) is 0 Å². The minimum Gasteiger partial charge on any atom is -0.292 e. The Labute approximate surface area is 195 Å². The van der Waals surface area contributed by atoms with E-state index >= 15 is 0 Å². The molecular formula is C26H32N6O. The molecule has 1 fully saturated rings. The molecule has 172 valence electrons. The highest BCUT2D eigenvalue weighted by Crippen LogP contribution is 2.36. The maximum Gasteiger partial charge on any atom is 0.228 e. The molecule has 1 atom stereocenters. The Hall–Kier alpha value is -3.06. The second kappa shape index (κ2) is 8.71. The lowest BCUT2D eigenvalue weighted by Gasteiger charge is -2.31. The van der Waals surface area contributed by atoms with Gasteiger partial charge in [0.2, 0.25) is 5.91 Å². The normalized spacial score (nSPS) is 18.7. The topological polar surface area (TPSA) is 67.2 Å². The maximum absolute atomic E-state index is 13.0. The van der Waals surface area contributed by atoms with E-state index < -0.39 is 0 Å². The van der Waals surface area contributed by atoms with Gasteiger partial charge in [0.25, 0.3) is 0 Å². The number of anilines is 1. The zero-order chi connectivity index (χ0) is 23.1. The number of likely N-dealkylation sites (tertiary alicyclic amines) is 1. The lowest BCUT2D eigenvalue weighted by atomic mass is 10.0. The van der Waals surface area contributed by atoms with Gasteiger partial charge in [-0.1, -0.05) is 29.8 Å². The summed E-state index contributed by atoms with van der Waals surface area (Å²) in [6.45, 7) is 8.66. The Morgan fingerprint density at radius 3 is 2.55 bits per heavy atom. The van der Waals surface area contributed by atoms with Crippen LogP contribution in [0.15, 0.2) is 30.5 Å². The molecule has 2 aliphatic rings. The van der Waals surface area contributed by atoms with Gasteiger partial charge in [0.1, 0.15) is 11.6 Å². The van der Waals surface area contributed by atoms with Gasteiger partial charge in [-0.25, -0.2) is 9.97 Å². The Bertz CT molecular complexity index is 1180. The van der Waals surface area contributed by atoms with E-state index in [1.165, 1.54) is 16.8 Å². The van der Waals surface area contributed by atoms with Crippen molar-refractivity contribution in [2.24, 2.45) is 7.05 Å². The molecule has 0 saturated carbocycles. The molecule has 7 nitrogen and oxygen atoms in total. The number of hydrogen-bond donors (Lipinski definition) is 0. The quantitative estimate of drug-likeness (QED) is 0.596. The summed E-state index contributed by atoms with van der Waals surface area (Å²) >= 11 is 0. The molecule has 1 amide bonds.